The maximum Gasteiger partial charge on any atom is 0.163 e. The average Bonchev–Trinajstić information content (AvgIpc) is 3.05. The number of benzene rings is 1. The summed E-state index contributed by atoms with van der Waals surface area (Å²) in [5.41, 5.74) is 11.8. The number of nitrogens with two attached hydrogens (primary N) is 1. The van der Waals surface area contributed by atoms with Crippen LogP contribution in [0, 0.1) is 13.8 Å². The van der Waals surface area contributed by atoms with Crippen molar-refractivity contribution in [1.82, 2.24) is 19.6 Å². The highest BCUT2D eigenvalue weighted by molar-refractivity contribution is 5.93. The van der Waals surface area contributed by atoms with Crippen LogP contribution in [-0.2, 0) is 0 Å². The Balaban J connectivity index is 2.14. The highest BCUT2D eigenvalue weighted by Crippen LogP contribution is 2.36. The number of anilines is 1. The minimum Gasteiger partial charge on any atom is -0.496 e. The van der Waals surface area contributed by atoms with Crippen molar-refractivity contribution >= 4 is 22.4 Å². The number of nitrogen functional groups attached to an aromatic ring is 1. The molecule has 6 heteroatoms. The first-order valence-corrected chi connectivity index (χ1v) is 7.62. The SMILES string of the molecule is COc1ccc(C)c(-c2cc3cnc(N)cc3n3ncnc23)c1C. The Labute approximate surface area is 138 Å². The number of aromatic nitrogens is 4. The van der Waals surface area contributed by atoms with Crippen molar-refractivity contribution in [2.75, 3.05) is 12.8 Å². The minimum absolute atomic E-state index is 0.459. The van der Waals surface area contributed by atoms with E-state index in [0.29, 0.717) is 5.82 Å². The molecule has 6 nitrogen and oxygen atoms in total. The molecule has 0 fully saturated rings. The predicted octanol–water partition coefficient (Wildman–Crippen LogP) is 3.15. The van der Waals surface area contributed by atoms with E-state index in [4.69, 9.17) is 10.5 Å². The van der Waals surface area contributed by atoms with Gasteiger partial charge in [0.1, 0.15) is 17.9 Å². The number of methoxy groups -OCH3 is 1. The van der Waals surface area contributed by atoms with Gasteiger partial charge in [0.2, 0.25) is 0 Å². The molecule has 4 aromatic rings. The molecule has 0 radical (unpaired) electrons. The van der Waals surface area contributed by atoms with Gasteiger partial charge in [-0.15, -0.1) is 0 Å². The van der Waals surface area contributed by atoms with Crippen LogP contribution in [0.3, 0.4) is 0 Å². The molecule has 24 heavy (non-hydrogen) atoms. The van der Waals surface area contributed by atoms with Crippen molar-refractivity contribution < 1.29 is 4.74 Å². The number of hydrogen-bond acceptors (Lipinski definition) is 5. The highest BCUT2D eigenvalue weighted by Gasteiger charge is 2.16. The van der Waals surface area contributed by atoms with Gasteiger partial charge in [-0.1, -0.05) is 6.07 Å². The summed E-state index contributed by atoms with van der Waals surface area (Å²) in [5, 5.41) is 5.32. The number of nitrogens with zero attached hydrogens (tertiary/aromatic N) is 4. The van der Waals surface area contributed by atoms with Gasteiger partial charge in [-0.25, -0.2) is 14.5 Å². The van der Waals surface area contributed by atoms with Gasteiger partial charge < -0.3 is 10.5 Å². The molecule has 120 valence electrons. The molecule has 0 aliphatic heterocycles. The fourth-order valence-corrected chi connectivity index (χ4v) is 3.23. The maximum absolute atomic E-state index is 5.83. The zero-order valence-corrected chi connectivity index (χ0v) is 13.7. The molecule has 0 amide bonds. The Kier molecular flexibility index (Phi) is 3.13. The second kappa shape index (κ2) is 5.19. The number of fused-ring (bicyclic) bond motifs is 3. The molecule has 3 aromatic heterocycles. The smallest absolute Gasteiger partial charge is 0.163 e. The lowest BCUT2D eigenvalue weighted by atomic mass is 9.95. The summed E-state index contributed by atoms with van der Waals surface area (Å²) in [5.74, 6) is 1.31. The zero-order valence-electron chi connectivity index (χ0n) is 13.7. The summed E-state index contributed by atoms with van der Waals surface area (Å²) < 4.78 is 7.29. The van der Waals surface area contributed by atoms with Crippen LogP contribution in [0.1, 0.15) is 11.1 Å². The normalized spacial score (nSPS) is 11.3. The highest BCUT2D eigenvalue weighted by atomic mass is 16.5. The lowest BCUT2D eigenvalue weighted by molar-refractivity contribution is 0.412. The zero-order chi connectivity index (χ0) is 16.8. The first-order valence-electron chi connectivity index (χ1n) is 7.62. The first kappa shape index (κ1) is 14.4. The molecule has 0 saturated heterocycles. The Morgan fingerprint density at radius 2 is 1.96 bits per heavy atom. The summed E-state index contributed by atoms with van der Waals surface area (Å²) in [6.45, 7) is 4.14. The third-order valence-corrected chi connectivity index (χ3v) is 4.36. The number of aryl methyl sites for hydroxylation is 1. The molecular formula is C18H17N5O. The lowest BCUT2D eigenvalue weighted by Crippen LogP contribution is -1.99. The van der Waals surface area contributed by atoms with Crippen LogP contribution < -0.4 is 10.5 Å². The van der Waals surface area contributed by atoms with Crippen LogP contribution in [0.2, 0.25) is 0 Å². The number of rotatable bonds is 2. The van der Waals surface area contributed by atoms with Crippen LogP contribution in [0.4, 0.5) is 5.82 Å². The summed E-state index contributed by atoms with van der Waals surface area (Å²) in [4.78, 5) is 8.67. The number of pyridine rings is 2. The van der Waals surface area contributed by atoms with E-state index in [0.717, 1.165) is 44.6 Å². The van der Waals surface area contributed by atoms with Crippen LogP contribution in [0.15, 0.2) is 36.8 Å². The van der Waals surface area contributed by atoms with Crippen LogP contribution in [0.5, 0.6) is 5.75 Å². The second-order valence-electron chi connectivity index (χ2n) is 5.81. The molecule has 4 rings (SSSR count). The molecule has 0 spiro atoms. The van der Waals surface area contributed by atoms with Crippen LogP contribution in [0.25, 0.3) is 27.7 Å². The fourth-order valence-electron chi connectivity index (χ4n) is 3.23. The third-order valence-electron chi connectivity index (χ3n) is 4.36. The first-order chi connectivity index (χ1) is 11.6. The van der Waals surface area contributed by atoms with Crippen LogP contribution >= 0.6 is 0 Å². The van der Waals surface area contributed by atoms with Gasteiger partial charge in [-0.05, 0) is 42.7 Å². The summed E-state index contributed by atoms with van der Waals surface area (Å²) in [7, 11) is 1.68. The number of ether oxygens (including phenoxy) is 1. The number of hydrogen-bond donors (Lipinski definition) is 1. The monoisotopic (exact) mass is 319 g/mol. The van der Waals surface area contributed by atoms with E-state index in [1.54, 1.807) is 24.1 Å². The topological polar surface area (TPSA) is 78.3 Å². The van der Waals surface area contributed by atoms with Gasteiger partial charge in [-0.3, -0.25) is 0 Å². The Morgan fingerprint density at radius 3 is 2.75 bits per heavy atom. The molecule has 0 atom stereocenters. The second-order valence-corrected chi connectivity index (χ2v) is 5.81. The standard InChI is InChI=1S/C18H17N5O/c1-10-4-5-15(24-3)11(2)17(10)13-6-12-8-20-16(19)7-14(12)23-18(13)21-9-22-23/h4-9H,1-3H3,(H2,19,20). The van der Waals surface area contributed by atoms with E-state index in [2.05, 4.69) is 41.0 Å². The van der Waals surface area contributed by atoms with E-state index >= 15 is 0 Å². The van der Waals surface area contributed by atoms with Gasteiger partial charge >= 0.3 is 0 Å². The van der Waals surface area contributed by atoms with Crippen molar-refractivity contribution in [3.8, 4) is 16.9 Å². The van der Waals surface area contributed by atoms with Gasteiger partial charge in [0.05, 0.1) is 12.6 Å². The maximum atomic E-state index is 5.83. The molecule has 0 saturated carbocycles. The van der Waals surface area contributed by atoms with E-state index < -0.39 is 0 Å². The van der Waals surface area contributed by atoms with Gasteiger partial charge in [0.25, 0.3) is 0 Å². The van der Waals surface area contributed by atoms with Crippen LogP contribution in [-0.4, -0.2) is 26.7 Å². The molecule has 0 unspecified atom stereocenters. The van der Waals surface area contributed by atoms with E-state index in [1.165, 1.54) is 0 Å². The average molecular weight is 319 g/mol. The van der Waals surface area contributed by atoms with Gasteiger partial charge in [0.15, 0.2) is 5.65 Å². The van der Waals surface area contributed by atoms with E-state index in [1.807, 2.05) is 12.1 Å². The molecule has 0 aliphatic carbocycles. The lowest BCUT2D eigenvalue weighted by Gasteiger charge is -2.15. The Bertz CT molecular complexity index is 1080. The molecule has 2 N–H and O–H groups in total. The summed E-state index contributed by atoms with van der Waals surface area (Å²) in [6.07, 6.45) is 3.32. The molecule has 0 bridgehead atoms. The molecule has 0 aliphatic rings. The quantitative estimate of drug-likeness (QED) is 0.614. The van der Waals surface area contributed by atoms with Crippen molar-refractivity contribution in [1.29, 1.82) is 0 Å². The van der Waals surface area contributed by atoms with Gasteiger partial charge in [-0.2, -0.15) is 5.10 Å². The molecule has 1 aromatic carbocycles. The summed E-state index contributed by atoms with van der Waals surface area (Å²) in [6, 6.07) is 7.94. The third kappa shape index (κ3) is 2.00. The van der Waals surface area contributed by atoms with Crippen molar-refractivity contribution in [3.63, 3.8) is 0 Å². The van der Waals surface area contributed by atoms with Gasteiger partial charge in [0, 0.05) is 23.2 Å². The summed E-state index contributed by atoms with van der Waals surface area (Å²) >= 11 is 0. The Hall–Kier alpha value is -3.15. The fraction of sp³-hybridized carbons (Fsp3) is 0.167. The van der Waals surface area contributed by atoms with E-state index in [-0.39, 0.29) is 0 Å². The van der Waals surface area contributed by atoms with Crippen molar-refractivity contribution in [3.05, 3.63) is 47.9 Å². The molecular weight excluding hydrogens is 302 g/mol. The van der Waals surface area contributed by atoms with Crippen molar-refractivity contribution in [2.45, 2.75) is 13.8 Å². The largest absolute Gasteiger partial charge is 0.496 e. The van der Waals surface area contributed by atoms with E-state index in [9.17, 15) is 0 Å². The Morgan fingerprint density at radius 1 is 1.12 bits per heavy atom. The predicted molar refractivity (Wildman–Crippen MR) is 94.2 cm³/mol. The molecule has 3 heterocycles. The minimum atomic E-state index is 0.459. The van der Waals surface area contributed by atoms with Crippen molar-refractivity contribution in [2.24, 2.45) is 0 Å².